The largest absolute Gasteiger partial charge is 0.479 e. The van der Waals surface area contributed by atoms with Crippen molar-refractivity contribution < 1.29 is 14.6 Å². The molecule has 0 aliphatic carbocycles. The number of benzene rings is 1. The van der Waals surface area contributed by atoms with E-state index in [2.05, 4.69) is 9.97 Å². The summed E-state index contributed by atoms with van der Waals surface area (Å²) < 4.78 is 5.32. The summed E-state index contributed by atoms with van der Waals surface area (Å²) in [7, 11) is 0. The van der Waals surface area contributed by atoms with Crippen LogP contribution in [0.2, 0.25) is 5.02 Å². The van der Waals surface area contributed by atoms with Gasteiger partial charge in [0.1, 0.15) is 17.2 Å². The third-order valence-corrected chi connectivity index (χ3v) is 3.74. The van der Waals surface area contributed by atoms with E-state index in [-0.39, 0.29) is 0 Å². The van der Waals surface area contributed by atoms with Crippen LogP contribution in [0.5, 0.6) is 5.75 Å². The summed E-state index contributed by atoms with van der Waals surface area (Å²) in [5, 5.41) is 10.1. The van der Waals surface area contributed by atoms with Crippen LogP contribution in [0.25, 0.3) is 22.2 Å². The zero-order chi connectivity index (χ0) is 16.6. The molecule has 7 heteroatoms. The van der Waals surface area contributed by atoms with E-state index in [0.717, 1.165) is 16.5 Å². The van der Waals surface area contributed by atoms with Crippen LogP contribution < -0.4 is 10.5 Å². The number of nitrogens with two attached hydrogens (primary N) is 1. The van der Waals surface area contributed by atoms with Gasteiger partial charge in [-0.2, -0.15) is 0 Å². The van der Waals surface area contributed by atoms with Crippen LogP contribution >= 0.6 is 11.6 Å². The van der Waals surface area contributed by atoms with Crippen molar-refractivity contribution >= 4 is 34.4 Å². The molecule has 4 N–H and O–H groups in total. The lowest BCUT2D eigenvalue weighted by molar-refractivity contribution is -0.144. The monoisotopic (exact) mass is 331 g/mol. The summed E-state index contributed by atoms with van der Waals surface area (Å²) in [6.07, 6.45) is 0.806. The molecule has 1 atom stereocenters. The molecule has 118 valence electrons. The highest BCUT2D eigenvalue weighted by atomic mass is 35.5. The zero-order valence-corrected chi connectivity index (χ0v) is 13.0. The second-order valence-corrected chi connectivity index (χ2v) is 5.49. The molecule has 6 nitrogen and oxygen atoms in total. The zero-order valence-electron chi connectivity index (χ0n) is 12.2. The Labute approximate surface area is 136 Å². The maximum absolute atomic E-state index is 10.9. The average Bonchev–Trinajstić information content (AvgIpc) is 2.96. The van der Waals surface area contributed by atoms with Gasteiger partial charge in [0.25, 0.3) is 0 Å². The number of fused-ring (bicyclic) bond motifs is 1. The number of hydrogen-bond donors (Lipinski definition) is 3. The molecule has 2 aromatic heterocycles. The van der Waals surface area contributed by atoms with Gasteiger partial charge in [0.05, 0.1) is 5.02 Å². The fraction of sp³-hybridized carbons (Fsp3) is 0.125. The number of carboxylic acids is 1. The molecule has 1 aromatic carbocycles. The first-order valence-corrected chi connectivity index (χ1v) is 7.26. The number of nitrogens with zero attached hydrogens (tertiary/aromatic N) is 1. The van der Waals surface area contributed by atoms with Gasteiger partial charge in [0, 0.05) is 11.6 Å². The summed E-state index contributed by atoms with van der Waals surface area (Å²) in [4.78, 5) is 18.1. The fourth-order valence-corrected chi connectivity index (χ4v) is 2.53. The number of hydrogen-bond acceptors (Lipinski definition) is 4. The molecule has 0 spiro atoms. The van der Waals surface area contributed by atoms with Gasteiger partial charge in [0.2, 0.25) is 0 Å². The lowest BCUT2D eigenvalue weighted by Gasteiger charge is -2.13. The SMILES string of the molecule is C[C@@H](Oc1ccc(-c2cc(N)nc3[nH]ccc23)cc1Cl)C(=O)O. The van der Waals surface area contributed by atoms with Crippen molar-refractivity contribution in [1.82, 2.24) is 9.97 Å². The quantitative estimate of drug-likeness (QED) is 0.680. The number of ether oxygens (including phenoxy) is 1. The van der Waals surface area contributed by atoms with Crippen LogP contribution in [0, 0.1) is 0 Å². The number of nitrogens with one attached hydrogen (secondary N) is 1. The Bertz CT molecular complexity index is 891. The van der Waals surface area contributed by atoms with Crippen LogP contribution in [0.3, 0.4) is 0 Å². The number of aliphatic carboxylic acids is 1. The van der Waals surface area contributed by atoms with Gasteiger partial charge in [-0.3, -0.25) is 0 Å². The first kappa shape index (κ1) is 15.2. The van der Waals surface area contributed by atoms with Gasteiger partial charge < -0.3 is 20.6 Å². The van der Waals surface area contributed by atoms with Crippen LogP contribution in [-0.4, -0.2) is 27.1 Å². The molecule has 2 heterocycles. The molecule has 0 saturated carbocycles. The molecule has 0 amide bonds. The summed E-state index contributed by atoms with van der Waals surface area (Å²) in [5.74, 6) is -0.343. The van der Waals surface area contributed by atoms with Crippen molar-refractivity contribution in [2.75, 3.05) is 5.73 Å². The van der Waals surface area contributed by atoms with Crippen LogP contribution in [0.15, 0.2) is 36.5 Å². The van der Waals surface area contributed by atoms with Crippen molar-refractivity contribution in [2.24, 2.45) is 0 Å². The third-order valence-electron chi connectivity index (χ3n) is 3.44. The third kappa shape index (κ3) is 2.93. The molecule has 0 fully saturated rings. The Morgan fingerprint density at radius 3 is 2.87 bits per heavy atom. The predicted molar refractivity (Wildman–Crippen MR) is 88.7 cm³/mol. The minimum absolute atomic E-state index is 0.317. The van der Waals surface area contributed by atoms with E-state index in [1.165, 1.54) is 6.92 Å². The van der Waals surface area contributed by atoms with Crippen molar-refractivity contribution in [3.05, 3.63) is 41.6 Å². The highest BCUT2D eigenvalue weighted by molar-refractivity contribution is 6.32. The number of aromatic amines is 1. The van der Waals surface area contributed by atoms with Crippen molar-refractivity contribution in [3.8, 4) is 16.9 Å². The van der Waals surface area contributed by atoms with Gasteiger partial charge in [-0.15, -0.1) is 0 Å². The van der Waals surface area contributed by atoms with Crippen LogP contribution in [0.1, 0.15) is 6.92 Å². The predicted octanol–water partition coefficient (Wildman–Crippen LogP) is 3.32. The number of rotatable bonds is 4. The molecule has 3 rings (SSSR count). The number of carboxylic acid groups (broad SMARTS) is 1. The van der Waals surface area contributed by atoms with Gasteiger partial charge in [-0.1, -0.05) is 17.7 Å². The van der Waals surface area contributed by atoms with Crippen molar-refractivity contribution in [1.29, 1.82) is 0 Å². The van der Waals surface area contributed by atoms with Crippen molar-refractivity contribution in [3.63, 3.8) is 0 Å². The van der Waals surface area contributed by atoms with E-state index in [1.54, 1.807) is 30.5 Å². The molecule has 0 radical (unpaired) electrons. The number of anilines is 1. The maximum Gasteiger partial charge on any atom is 0.344 e. The van der Waals surface area contributed by atoms with Gasteiger partial charge in [0.15, 0.2) is 6.10 Å². The first-order valence-electron chi connectivity index (χ1n) is 6.88. The fourth-order valence-electron chi connectivity index (χ4n) is 2.30. The van der Waals surface area contributed by atoms with E-state index < -0.39 is 12.1 Å². The highest BCUT2D eigenvalue weighted by Crippen LogP contribution is 2.34. The molecule has 0 aliphatic heterocycles. The lowest BCUT2D eigenvalue weighted by Crippen LogP contribution is -2.22. The van der Waals surface area contributed by atoms with Crippen LogP contribution in [-0.2, 0) is 4.79 Å². The van der Waals surface area contributed by atoms with Gasteiger partial charge >= 0.3 is 5.97 Å². The summed E-state index contributed by atoms with van der Waals surface area (Å²) >= 11 is 6.22. The number of nitrogen functional groups attached to an aromatic ring is 1. The molecular weight excluding hydrogens is 318 g/mol. The number of carbonyl (C=O) groups is 1. The minimum atomic E-state index is -1.05. The Morgan fingerprint density at radius 1 is 1.39 bits per heavy atom. The van der Waals surface area contributed by atoms with Gasteiger partial charge in [-0.05, 0) is 42.3 Å². The molecule has 0 bridgehead atoms. The summed E-state index contributed by atoms with van der Waals surface area (Å²) in [6.45, 7) is 1.44. The second kappa shape index (κ2) is 5.81. The van der Waals surface area contributed by atoms with E-state index in [0.29, 0.717) is 22.2 Å². The Balaban J connectivity index is 2.02. The molecular formula is C16H14ClN3O3. The molecule has 23 heavy (non-hydrogen) atoms. The van der Waals surface area contributed by atoms with E-state index in [1.807, 2.05) is 6.07 Å². The van der Waals surface area contributed by atoms with E-state index in [4.69, 9.17) is 27.2 Å². The molecule has 0 saturated heterocycles. The number of pyridine rings is 1. The highest BCUT2D eigenvalue weighted by Gasteiger charge is 2.15. The Kier molecular flexibility index (Phi) is 3.83. The van der Waals surface area contributed by atoms with E-state index >= 15 is 0 Å². The van der Waals surface area contributed by atoms with E-state index in [9.17, 15) is 4.79 Å². The standard InChI is InChI=1S/C16H14ClN3O3/c1-8(16(21)22)23-13-3-2-9(6-12(13)17)11-7-14(18)20-15-10(11)4-5-19-15/h2-8H,1H3,(H,21,22)(H3,18,19,20)/t8-/m1/s1. The minimum Gasteiger partial charge on any atom is -0.479 e. The molecule has 0 aliphatic rings. The molecule has 3 aromatic rings. The Hall–Kier alpha value is -2.73. The topological polar surface area (TPSA) is 101 Å². The lowest BCUT2D eigenvalue weighted by atomic mass is 10.0. The first-order chi connectivity index (χ1) is 11.0. The summed E-state index contributed by atoms with van der Waals surface area (Å²) in [5.41, 5.74) is 8.24. The van der Waals surface area contributed by atoms with Crippen molar-refractivity contribution in [2.45, 2.75) is 13.0 Å². The number of halogens is 1. The number of H-pyrrole nitrogens is 1. The second-order valence-electron chi connectivity index (χ2n) is 5.08. The Morgan fingerprint density at radius 2 is 2.17 bits per heavy atom. The van der Waals surface area contributed by atoms with Gasteiger partial charge in [-0.25, -0.2) is 9.78 Å². The maximum atomic E-state index is 10.9. The number of aromatic nitrogens is 2. The van der Waals surface area contributed by atoms with Crippen LogP contribution in [0.4, 0.5) is 5.82 Å². The normalized spacial score (nSPS) is 12.3. The summed E-state index contributed by atoms with van der Waals surface area (Å²) in [6, 6.07) is 8.83. The smallest absolute Gasteiger partial charge is 0.344 e. The molecule has 0 unspecified atom stereocenters. The average molecular weight is 332 g/mol.